The molecule has 2 aromatic heterocycles. The molecule has 0 aromatic carbocycles. The molecule has 2 heterocycles. The van der Waals surface area contributed by atoms with Gasteiger partial charge in [0.1, 0.15) is 18.9 Å². The van der Waals surface area contributed by atoms with Crippen molar-refractivity contribution < 1.29 is 14.3 Å². The Morgan fingerprint density at radius 2 is 2.50 bits per heavy atom. The quantitative estimate of drug-likeness (QED) is 0.803. The number of carboxylic acids is 1. The first-order valence-electron chi connectivity index (χ1n) is 4.29. The zero-order valence-electron chi connectivity index (χ0n) is 7.99. The highest BCUT2D eigenvalue weighted by atomic mass is 16.4. The van der Waals surface area contributed by atoms with Crippen molar-refractivity contribution in [3.8, 4) is 6.07 Å². The maximum Gasteiger partial charge on any atom is 0.357 e. The lowest BCUT2D eigenvalue weighted by Gasteiger charge is -1.94. The van der Waals surface area contributed by atoms with E-state index in [1.165, 1.54) is 17.1 Å². The van der Waals surface area contributed by atoms with Gasteiger partial charge in [0.05, 0.1) is 11.8 Å². The largest absolute Gasteiger partial charge is 0.476 e. The van der Waals surface area contributed by atoms with Gasteiger partial charge in [-0.3, -0.25) is 4.68 Å². The van der Waals surface area contributed by atoms with Crippen molar-refractivity contribution in [2.75, 3.05) is 0 Å². The van der Waals surface area contributed by atoms with E-state index >= 15 is 0 Å². The number of oxazole rings is 1. The van der Waals surface area contributed by atoms with E-state index in [4.69, 9.17) is 14.8 Å². The molecule has 0 unspecified atom stereocenters. The van der Waals surface area contributed by atoms with E-state index in [-0.39, 0.29) is 18.1 Å². The van der Waals surface area contributed by atoms with Gasteiger partial charge < -0.3 is 9.52 Å². The average Bonchev–Trinajstić information content (AvgIpc) is 2.87. The number of hydrogen-bond donors (Lipinski definition) is 1. The van der Waals surface area contributed by atoms with Gasteiger partial charge in [-0.15, -0.1) is 0 Å². The molecular formula is C9H6N4O3. The average molecular weight is 218 g/mol. The highest BCUT2D eigenvalue weighted by Gasteiger charge is 2.10. The van der Waals surface area contributed by atoms with Crippen LogP contribution in [-0.4, -0.2) is 25.8 Å². The van der Waals surface area contributed by atoms with Crippen molar-refractivity contribution in [3.63, 3.8) is 0 Å². The fraction of sp³-hybridized carbons (Fsp3) is 0.111. The van der Waals surface area contributed by atoms with Crippen molar-refractivity contribution >= 4 is 5.97 Å². The van der Waals surface area contributed by atoms with Gasteiger partial charge in [-0.2, -0.15) is 10.4 Å². The summed E-state index contributed by atoms with van der Waals surface area (Å²) < 4.78 is 6.38. The van der Waals surface area contributed by atoms with E-state index in [1.807, 2.05) is 6.07 Å². The second kappa shape index (κ2) is 3.86. The molecule has 0 bridgehead atoms. The molecule has 0 fully saturated rings. The first-order valence-corrected chi connectivity index (χ1v) is 4.29. The summed E-state index contributed by atoms with van der Waals surface area (Å²) in [7, 11) is 0. The maximum atomic E-state index is 10.5. The number of carbonyl (C=O) groups is 1. The van der Waals surface area contributed by atoms with Crippen LogP contribution in [0.2, 0.25) is 0 Å². The van der Waals surface area contributed by atoms with Crippen molar-refractivity contribution in [2.24, 2.45) is 0 Å². The summed E-state index contributed by atoms with van der Waals surface area (Å²) in [5.41, 5.74) is 0.271. The predicted octanol–water partition coefficient (Wildman–Crippen LogP) is 0.489. The first kappa shape index (κ1) is 9.92. The molecule has 0 saturated heterocycles. The molecule has 0 saturated carbocycles. The van der Waals surface area contributed by atoms with Gasteiger partial charge >= 0.3 is 5.97 Å². The van der Waals surface area contributed by atoms with Gasteiger partial charge in [0.2, 0.25) is 5.89 Å². The van der Waals surface area contributed by atoms with Crippen LogP contribution in [0.1, 0.15) is 21.9 Å². The Kier molecular flexibility index (Phi) is 2.39. The monoisotopic (exact) mass is 218 g/mol. The molecule has 16 heavy (non-hydrogen) atoms. The van der Waals surface area contributed by atoms with Gasteiger partial charge in [0, 0.05) is 6.20 Å². The van der Waals surface area contributed by atoms with E-state index in [0.717, 1.165) is 6.26 Å². The Balaban J connectivity index is 2.14. The number of rotatable bonds is 3. The zero-order valence-corrected chi connectivity index (χ0v) is 7.99. The van der Waals surface area contributed by atoms with Crippen molar-refractivity contribution in [1.82, 2.24) is 14.8 Å². The molecule has 0 aliphatic heterocycles. The Morgan fingerprint density at radius 3 is 3.06 bits per heavy atom. The predicted molar refractivity (Wildman–Crippen MR) is 49.5 cm³/mol. The number of aromatic nitrogens is 3. The highest BCUT2D eigenvalue weighted by molar-refractivity contribution is 5.84. The SMILES string of the molecule is N#Cc1cnn(Cc2nc(C(=O)O)co2)c1. The Hall–Kier alpha value is -2.62. The molecule has 2 rings (SSSR count). The van der Waals surface area contributed by atoms with Crippen molar-refractivity contribution in [2.45, 2.75) is 6.54 Å². The van der Waals surface area contributed by atoms with Crippen LogP contribution < -0.4 is 0 Å². The van der Waals surface area contributed by atoms with Crippen LogP contribution in [-0.2, 0) is 6.54 Å². The molecule has 0 aliphatic carbocycles. The molecule has 0 aliphatic rings. The van der Waals surface area contributed by atoms with Crippen LogP contribution in [0.4, 0.5) is 0 Å². The standard InChI is InChI=1S/C9H6N4O3/c10-1-6-2-11-13(3-6)4-8-12-7(5-16-8)9(14)15/h2-3,5H,4H2,(H,14,15). The van der Waals surface area contributed by atoms with E-state index < -0.39 is 5.97 Å². The summed E-state index contributed by atoms with van der Waals surface area (Å²) in [6, 6.07) is 1.93. The van der Waals surface area contributed by atoms with Gasteiger partial charge in [0.25, 0.3) is 0 Å². The maximum absolute atomic E-state index is 10.5. The molecule has 0 radical (unpaired) electrons. The third-order valence-electron chi connectivity index (χ3n) is 1.83. The minimum atomic E-state index is -1.15. The normalized spacial score (nSPS) is 9.94. The number of nitrogens with zero attached hydrogens (tertiary/aromatic N) is 4. The lowest BCUT2D eigenvalue weighted by atomic mass is 10.4. The summed E-state index contributed by atoms with van der Waals surface area (Å²) in [5.74, 6) is -0.918. The number of aromatic carboxylic acids is 1. The van der Waals surface area contributed by atoms with Gasteiger partial charge in [-0.25, -0.2) is 9.78 Å². The summed E-state index contributed by atoms with van der Waals surface area (Å²) in [6.07, 6.45) is 3.98. The summed E-state index contributed by atoms with van der Waals surface area (Å²) in [5, 5.41) is 21.1. The van der Waals surface area contributed by atoms with Crippen LogP contribution >= 0.6 is 0 Å². The Labute approximate surface area is 89.6 Å². The summed E-state index contributed by atoms with van der Waals surface area (Å²) in [6.45, 7) is 0.189. The molecule has 0 spiro atoms. The van der Waals surface area contributed by atoms with Crippen LogP contribution in [0.25, 0.3) is 0 Å². The summed E-state index contributed by atoms with van der Waals surface area (Å²) in [4.78, 5) is 14.3. The molecule has 80 valence electrons. The molecule has 1 N–H and O–H groups in total. The fourth-order valence-corrected chi connectivity index (χ4v) is 1.13. The lowest BCUT2D eigenvalue weighted by Crippen LogP contribution is -2.02. The van der Waals surface area contributed by atoms with E-state index in [0.29, 0.717) is 5.56 Å². The Morgan fingerprint density at radius 1 is 1.69 bits per heavy atom. The number of nitriles is 1. The minimum absolute atomic E-state index is 0.150. The van der Waals surface area contributed by atoms with E-state index in [1.54, 1.807) is 0 Å². The minimum Gasteiger partial charge on any atom is -0.476 e. The number of carboxylic acid groups (broad SMARTS) is 1. The van der Waals surface area contributed by atoms with E-state index in [2.05, 4.69) is 10.1 Å². The zero-order chi connectivity index (χ0) is 11.5. The van der Waals surface area contributed by atoms with Crippen LogP contribution in [0, 0.1) is 11.3 Å². The smallest absolute Gasteiger partial charge is 0.357 e. The topological polar surface area (TPSA) is 105 Å². The van der Waals surface area contributed by atoms with Crippen molar-refractivity contribution in [1.29, 1.82) is 5.26 Å². The van der Waals surface area contributed by atoms with Crippen LogP contribution in [0.15, 0.2) is 23.1 Å². The molecular weight excluding hydrogens is 212 g/mol. The second-order valence-corrected chi connectivity index (χ2v) is 2.97. The summed E-state index contributed by atoms with van der Waals surface area (Å²) >= 11 is 0. The second-order valence-electron chi connectivity index (χ2n) is 2.97. The molecule has 0 amide bonds. The Bertz CT molecular complexity index is 563. The van der Waals surface area contributed by atoms with Gasteiger partial charge in [-0.1, -0.05) is 0 Å². The van der Waals surface area contributed by atoms with E-state index in [9.17, 15) is 4.79 Å². The molecule has 2 aromatic rings. The number of hydrogen-bond acceptors (Lipinski definition) is 5. The van der Waals surface area contributed by atoms with Crippen molar-refractivity contribution in [3.05, 3.63) is 35.8 Å². The van der Waals surface area contributed by atoms with Crippen LogP contribution in [0.5, 0.6) is 0 Å². The third-order valence-corrected chi connectivity index (χ3v) is 1.83. The van der Waals surface area contributed by atoms with Gasteiger partial charge in [0.15, 0.2) is 5.69 Å². The lowest BCUT2D eigenvalue weighted by molar-refractivity contribution is 0.0690. The fourth-order valence-electron chi connectivity index (χ4n) is 1.13. The molecule has 0 atom stereocenters. The molecule has 7 nitrogen and oxygen atoms in total. The van der Waals surface area contributed by atoms with Crippen LogP contribution in [0.3, 0.4) is 0 Å². The molecule has 7 heteroatoms. The third kappa shape index (κ3) is 1.90. The van der Waals surface area contributed by atoms with Gasteiger partial charge in [-0.05, 0) is 0 Å². The highest BCUT2D eigenvalue weighted by Crippen LogP contribution is 2.04. The first-order chi connectivity index (χ1) is 7.69.